The number of aliphatic carboxylic acids is 1. The van der Waals surface area contributed by atoms with E-state index in [1.165, 1.54) is 0 Å². The number of rotatable bonds is 4. The van der Waals surface area contributed by atoms with Crippen LogP contribution in [0, 0.1) is 5.92 Å². The largest absolute Gasteiger partial charge is 0.494 e. The molecule has 0 aliphatic carbocycles. The number of benzene rings is 1. The average molecular weight is 292 g/mol. The van der Waals surface area contributed by atoms with Crippen molar-refractivity contribution in [3.05, 3.63) is 24.3 Å². The van der Waals surface area contributed by atoms with Gasteiger partial charge in [0.1, 0.15) is 5.75 Å². The second-order valence-corrected chi connectivity index (χ2v) is 4.99. The number of carboxylic acid groups (broad SMARTS) is 1. The Morgan fingerprint density at radius 1 is 1.29 bits per heavy atom. The molecule has 114 valence electrons. The predicted octanol–water partition coefficient (Wildman–Crippen LogP) is 2.41. The molecule has 1 fully saturated rings. The van der Waals surface area contributed by atoms with Gasteiger partial charge in [0.05, 0.1) is 12.5 Å². The highest BCUT2D eigenvalue weighted by Gasteiger charge is 2.26. The van der Waals surface area contributed by atoms with Crippen molar-refractivity contribution in [2.75, 3.05) is 25.0 Å². The molecular weight excluding hydrogens is 272 g/mol. The third kappa shape index (κ3) is 4.11. The van der Waals surface area contributed by atoms with E-state index in [1.807, 2.05) is 6.92 Å². The first-order chi connectivity index (χ1) is 10.1. The molecule has 2 N–H and O–H groups in total. The van der Waals surface area contributed by atoms with Gasteiger partial charge >= 0.3 is 12.0 Å². The molecule has 0 atom stereocenters. The maximum Gasteiger partial charge on any atom is 0.321 e. The Kier molecular flexibility index (Phi) is 5.03. The van der Waals surface area contributed by atoms with Crippen LogP contribution in [0.15, 0.2) is 24.3 Å². The van der Waals surface area contributed by atoms with E-state index < -0.39 is 5.97 Å². The lowest BCUT2D eigenvalue weighted by Crippen LogP contribution is -2.42. The first kappa shape index (κ1) is 15.2. The van der Waals surface area contributed by atoms with E-state index in [9.17, 15) is 9.59 Å². The van der Waals surface area contributed by atoms with Crippen molar-refractivity contribution in [1.29, 1.82) is 0 Å². The Hall–Kier alpha value is -2.24. The molecule has 0 saturated carbocycles. The average Bonchev–Trinajstić information content (AvgIpc) is 2.49. The molecule has 1 aromatic carbocycles. The molecule has 0 aromatic heterocycles. The van der Waals surface area contributed by atoms with Gasteiger partial charge in [-0.15, -0.1) is 0 Å². The van der Waals surface area contributed by atoms with Gasteiger partial charge in [-0.2, -0.15) is 0 Å². The van der Waals surface area contributed by atoms with Gasteiger partial charge in [0, 0.05) is 18.8 Å². The number of hydrogen-bond donors (Lipinski definition) is 2. The van der Waals surface area contributed by atoms with E-state index in [1.54, 1.807) is 29.2 Å². The number of anilines is 1. The fourth-order valence-electron chi connectivity index (χ4n) is 2.33. The second kappa shape index (κ2) is 6.97. The summed E-state index contributed by atoms with van der Waals surface area (Å²) in [5.74, 6) is -0.348. The molecule has 0 bridgehead atoms. The van der Waals surface area contributed by atoms with Gasteiger partial charge in [0.2, 0.25) is 0 Å². The summed E-state index contributed by atoms with van der Waals surface area (Å²) in [6.07, 6.45) is 1.01. The Bertz CT molecular complexity index is 493. The number of ether oxygens (including phenoxy) is 1. The highest BCUT2D eigenvalue weighted by molar-refractivity contribution is 5.89. The molecule has 2 rings (SSSR count). The summed E-state index contributed by atoms with van der Waals surface area (Å²) in [7, 11) is 0. The molecular formula is C15H20N2O4. The maximum atomic E-state index is 12.1. The highest BCUT2D eigenvalue weighted by Crippen LogP contribution is 2.19. The first-order valence-corrected chi connectivity index (χ1v) is 7.11. The van der Waals surface area contributed by atoms with Gasteiger partial charge in [-0.25, -0.2) is 4.79 Å². The van der Waals surface area contributed by atoms with Crippen LogP contribution in [-0.4, -0.2) is 41.7 Å². The molecule has 21 heavy (non-hydrogen) atoms. The zero-order chi connectivity index (χ0) is 15.2. The molecule has 1 aliphatic heterocycles. The lowest BCUT2D eigenvalue weighted by atomic mass is 9.97. The van der Waals surface area contributed by atoms with Crippen molar-refractivity contribution in [3.8, 4) is 5.75 Å². The Morgan fingerprint density at radius 3 is 2.43 bits per heavy atom. The third-order valence-corrected chi connectivity index (χ3v) is 3.55. The van der Waals surface area contributed by atoms with Crippen LogP contribution >= 0.6 is 0 Å². The van der Waals surface area contributed by atoms with Crippen LogP contribution in [0.25, 0.3) is 0 Å². The van der Waals surface area contributed by atoms with E-state index in [0.29, 0.717) is 38.2 Å². The van der Waals surface area contributed by atoms with Crippen molar-refractivity contribution in [2.45, 2.75) is 19.8 Å². The van der Waals surface area contributed by atoms with Crippen LogP contribution in [0.1, 0.15) is 19.8 Å². The molecule has 0 unspecified atom stereocenters. The number of amides is 2. The lowest BCUT2D eigenvalue weighted by molar-refractivity contribution is -0.143. The predicted molar refractivity (Wildman–Crippen MR) is 78.6 cm³/mol. The third-order valence-electron chi connectivity index (χ3n) is 3.55. The lowest BCUT2D eigenvalue weighted by Gasteiger charge is -2.30. The van der Waals surface area contributed by atoms with E-state index in [0.717, 1.165) is 5.75 Å². The molecule has 1 saturated heterocycles. The van der Waals surface area contributed by atoms with Gasteiger partial charge in [-0.3, -0.25) is 4.79 Å². The number of carboxylic acids is 1. The summed E-state index contributed by atoms with van der Waals surface area (Å²) >= 11 is 0. The Balaban J connectivity index is 1.85. The van der Waals surface area contributed by atoms with E-state index in [4.69, 9.17) is 9.84 Å². The fourth-order valence-corrected chi connectivity index (χ4v) is 2.33. The number of hydrogen-bond acceptors (Lipinski definition) is 3. The van der Waals surface area contributed by atoms with Crippen molar-refractivity contribution in [1.82, 2.24) is 4.90 Å². The van der Waals surface area contributed by atoms with Gasteiger partial charge in [-0.05, 0) is 44.0 Å². The zero-order valence-electron chi connectivity index (χ0n) is 12.0. The second-order valence-electron chi connectivity index (χ2n) is 4.99. The first-order valence-electron chi connectivity index (χ1n) is 7.11. The number of piperidine rings is 1. The van der Waals surface area contributed by atoms with Gasteiger partial charge < -0.3 is 20.1 Å². The summed E-state index contributed by atoms with van der Waals surface area (Å²) in [5.41, 5.74) is 0.698. The minimum Gasteiger partial charge on any atom is -0.494 e. The minimum absolute atomic E-state index is 0.192. The van der Waals surface area contributed by atoms with E-state index >= 15 is 0 Å². The normalized spacial score (nSPS) is 15.6. The van der Waals surface area contributed by atoms with Crippen molar-refractivity contribution < 1.29 is 19.4 Å². The zero-order valence-corrected chi connectivity index (χ0v) is 12.0. The molecule has 6 nitrogen and oxygen atoms in total. The van der Waals surface area contributed by atoms with Gasteiger partial charge in [-0.1, -0.05) is 0 Å². The maximum absolute atomic E-state index is 12.1. The van der Waals surface area contributed by atoms with Crippen LogP contribution in [0.4, 0.5) is 10.5 Å². The molecule has 2 amide bonds. The number of carbonyl (C=O) groups is 2. The standard InChI is InChI=1S/C15H20N2O4/c1-2-21-13-5-3-12(4-6-13)16-15(20)17-9-7-11(8-10-17)14(18)19/h3-6,11H,2,7-10H2,1H3,(H,16,20)(H,18,19). The van der Waals surface area contributed by atoms with Crippen LogP contribution in [0.3, 0.4) is 0 Å². The SMILES string of the molecule is CCOc1ccc(NC(=O)N2CCC(C(=O)O)CC2)cc1. The highest BCUT2D eigenvalue weighted by atomic mass is 16.5. The van der Waals surface area contributed by atoms with Crippen molar-refractivity contribution in [2.24, 2.45) is 5.92 Å². The summed E-state index contributed by atoms with van der Waals surface area (Å²) in [4.78, 5) is 24.6. The van der Waals surface area contributed by atoms with Crippen molar-refractivity contribution in [3.63, 3.8) is 0 Å². The summed E-state index contributed by atoms with van der Waals surface area (Å²) in [6.45, 7) is 3.46. The number of nitrogens with one attached hydrogen (secondary N) is 1. The number of carbonyl (C=O) groups excluding carboxylic acids is 1. The van der Waals surface area contributed by atoms with E-state index in [-0.39, 0.29) is 11.9 Å². The van der Waals surface area contributed by atoms with Crippen LogP contribution < -0.4 is 10.1 Å². The van der Waals surface area contributed by atoms with Gasteiger partial charge in [0.15, 0.2) is 0 Å². The van der Waals surface area contributed by atoms with Crippen LogP contribution in [0.5, 0.6) is 5.75 Å². The van der Waals surface area contributed by atoms with E-state index in [2.05, 4.69) is 5.32 Å². The number of urea groups is 1. The summed E-state index contributed by atoms with van der Waals surface area (Å²) < 4.78 is 5.34. The van der Waals surface area contributed by atoms with Crippen LogP contribution in [0.2, 0.25) is 0 Å². The smallest absolute Gasteiger partial charge is 0.321 e. The van der Waals surface area contributed by atoms with Crippen LogP contribution in [-0.2, 0) is 4.79 Å². The van der Waals surface area contributed by atoms with Gasteiger partial charge in [0.25, 0.3) is 0 Å². The summed E-state index contributed by atoms with van der Waals surface area (Å²) in [5, 5.41) is 11.7. The fraction of sp³-hybridized carbons (Fsp3) is 0.467. The molecule has 1 aliphatic rings. The molecule has 0 spiro atoms. The van der Waals surface area contributed by atoms with Crippen molar-refractivity contribution >= 4 is 17.7 Å². The number of nitrogens with zero attached hydrogens (tertiary/aromatic N) is 1. The topological polar surface area (TPSA) is 78.9 Å². The quantitative estimate of drug-likeness (QED) is 0.893. The molecule has 1 aromatic rings. The summed E-state index contributed by atoms with van der Waals surface area (Å²) in [6, 6.07) is 6.98. The minimum atomic E-state index is -0.776. The monoisotopic (exact) mass is 292 g/mol. The number of likely N-dealkylation sites (tertiary alicyclic amines) is 1. The Morgan fingerprint density at radius 2 is 1.90 bits per heavy atom. The molecule has 0 radical (unpaired) electrons. The molecule has 1 heterocycles. The molecule has 6 heteroatoms. The Labute approximate surface area is 123 Å².